The fourth-order valence-corrected chi connectivity index (χ4v) is 6.24. The summed E-state index contributed by atoms with van der Waals surface area (Å²) in [7, 11) is 2.12. The molecular formula is C29H34N8O3. The van der Waals surface area contributed by atoms with E-state index in [0.717, 1.165) is 65.9 Å². The second-order valence-electron chi connectivity index (χ2n) is 10.8. The third-order valence-electron chi connectivity index (χ3n) is 8.45. The minimum atomic E-state index is -0.991. The minimum Gasteiger partial charge on any atom is -0.465 e. The van der Waals surface area contributed by atoms with Gasteiger partial charge in [0.2, 0.25) is 0 Å². The Morgan fingerprint density at radius 2 is 2.05 bits per heavy atom. The van der Waals surface area contributed by atoms with E-state index >= 15 is 0 Å². The van der Waals surface area contributed by atoms with Crippen LogP contribution in [0.2, 0.25) is 0 Å². The SMILES string of the molecule is CN1CCC[C@H]1COc1nc2c(c(N3CCN(C(=O)O)[C@@H](CC#N)C3)n1)CCN(c1cccc3cnccc13)C2. The number of nitrogens with zero attached hydrogens (tertiary/aromatic N) is 8. The third kappa shape index (κ3) is 5.07. The highest BCUT2D eigenvalue weighted by molar-refractivity contribution is 5.93. The van der Waals surface area contributed by atoms with Crippen molar-refractivity contribution >= 4 is 28.4 Å². The average molecular weight is 543 g/mol. The number of hydrogen-bond acceptors (Lipinski definition) is 9. The number of carbonyl (C=O) groups is 1. The molecule has 0 aliphatic carbocycles. The normalized spacial score (nSPS) is 21.4. The van der Waals surface area contributed by atoms with E-state index in [0.29, 0.717) is 44.8 Å². The summed E-state index contributed by atoms with van der Waals surface area (Å²) >= 11 is 0. The Hall–Kier alpha value is -4.17. The van der Waals surface area contributed by atoms with Crippen molar-refractivity contribution in [2.45, 2.75) is 44.3 Å². The van der Waals surface area contributed by atoms with Crippen LogP contribution < -0.4 is 14.5 Å². The molecule has 0 bridgehead atoms. The first-order valence-electron chi connectivity index (χ1n) is 13.9. The molecule has 3 aliphatic heterocycles. The number of amides is 1. The smallest absolute Gasteiger partial charge is 0.407 e. The molecule has 11 heteroatoms. The van der Waals surface area contributed by atoms with Gasteiger partial charge < -0.3 is 29.4 Å². The lowest BCUT2D eigenvalue weighted by Gasteiger charge is -2.41. The van der Waals surface area contributed by atoms with Crippen molar-refractivity contribution in [1.29, 1.82) is 5.26 Å². The second-order valence-corrected chi connectivity index (χ2v) is 10.8. The van der Waals surface area contributed by atoms with Crippen LogP contribution in [0.4, 0.5) is 16.3 Å². The molecule has 6 rings (SSSR count). The van der Waals surface area contributed by atoms with Gasteiger partial charge in [0.15, 0.2) is 0 Å². The second kappa shape index (κ2) is 11.1. The quantitative estimate of drug-likeness (QED) is 0.497. The standard InChI is InChI=1S/C29H34N8O3/c1-34-12-3-5-22(34)19-40-28-32-25-18-35(26-6-2-4-20-16-31-11-8-23(20)26)13-9-24(25)27(33-28)36-14-15-37(29(38)39)21(17-36)7-10-30/h2,4,6,8,11,16,21-22H,3,5,7,9,12-15,17-19H2,1H3,(H,38,39)/t21-,22-/m0/s1. The van der Waals surface area contributed by atoms with Gasteiger partial charge in [-0.1, -0.05) is 12.1 Å². The van der Waals surface area contributed by atoms with E-state index in [2.05, 4.69) is 57.1 Å². The molecule has 40 heavy (non-hydrogen) atoms. The van der Waals surface area contributed by atoms with Gasteiger partial charge in [-0.2, -0.15) is 15.2 Å². The van der Waals surface area contributed by atoms with Crippen molar-refractivity contribution in [3.05, 3.63) is 47.9 Å². The lowest BCUT2D eigenvalue weighted by Crippen LogP contribution is -2.55. The fourth-order valence-electron chi connectivity index (χ4n) is 6.24. The van der Waals surface area contributed by atoms with Gasteiger partial charge in [-0.3, -0.25) is 4.98 Å². The molecule has 1 amide bonds. The van der Waals surface area contributed by atoms with E-state index < -0.39 is 12.1 Å². The van der Waals surface area contributed by atoms with E-state index in [-0.39, 0.29) is 6.42 Å². The number of rotatable bonds is 6. The van der Waals surface area contributed by atoms with E-state index in [9.17, 15) is 15.2 Å². The molecule has 5 heterocycles. The van der Waals surface area contributed by atoms with Crippen LogP contribution in [0.25, 0.3) is 10.8 Å². The number of ether oxygens (including phenoxy) is 1. The number of benzene rings is 1. The molecule has 0 spiro atoms. The van der Waals surface area contributed by atoms with Gasteiger partial charge in [-0.25, -0.2) is 4.79 Å². The molecule has 208 valence electrons. The number of carboxylic acid groups (broad SMARTS) is 1. The van der Waals surface area contributed by atoms with E-state index in [1.807, 2.05) is 12.4 Å². The first-order valence-corrected chi connectivity index (χ1v) is 13.9. The van der Waals surface area contributed by atoms with Crippen LogP contribution in [0.3, 0.4) is 0 Å². The molecular weight excluding hydrogens is 508 g/mol. The number of fused-ring (bicyclic) bond motifs is 2. The molecule has 0 unspecified atom stereocenters. The molecule has 1 aromatic carbocycles. The summed E-state index contributed by atoms with van der Waals surface area (Å²) in [4.78, 5) is 34.1. The van der Waals surface area contributed by atoms with Gasteiger partial charge in [0, 0.05) is 66.6 Å². The molecule has 2 saturated heterocycles. The van der Waals surface area contributed by atoms with Crippen LogP contribution in [0.15, 0.2) is 36.7 Å². The van der Waals surface area contributed by atoms with E-state index in [1.54, 1.807) is 0 Å². The van der Waals surface area contributed by atoms with Crippen LogP contribution >= 0.6 is 0 Å². The zero-order valence-corrected chi connectivity index (χ0v) is 22.7. The molecule has 0 radical (unpaired) electrons. The van der Waals surface area contributed by atoms with Gasteiger partial charge in [0.05, 0.1) is 30.8 Å². The van der Waals surface area contributed by atoms with Gasteiger partial charge in [0.1, 0.15) is 12.4 Å². The number of likely N-dealkylation sites (tertiary alicyclic amines) is 1. The molecule has 3 aliphatic rings. The number of piperazine rings is 1. The van der Waals surface area contributed by atoms with Gasteiger partial charge >= 0.3 is 12.1 Å². The third-order valence-corrected chi connectivity index (χ3v) is 8.45. The predicted molar refractivity (Wildman–Crippen MR) is 151 cm³/mol. The molecule has 0 saturated carbocycles. The Bertz CT molecular complexity index is 1440. The highest BCUT2D eigenvalue weighted by Crippen LogP contribution is 2.34. The Balaban J connectivity index is 1.33. The Morgan fingerprint density at radius 3 is 2.85 bits per heavy atom. The van der Waals surface area contributed by atoms with Crippen molar-refractivity contribution in [3.63, 3.8) is 0 Å². The lowest BCUT2D eigenvalue weighted by atomic mass is 10.0. The Morgan fingerprint density at radius 1 is 1.15 bits per heavy atom. The summed E-state index contributed by atoms with van der Waals surface area (Å²) in [5.74, 6) is 0.800. The summed E-state index contributed by atoms with van der Waals surface area (Å²) in [6.45, 7) is 4.24. The average Bonchev–Trinajstić information content (AvgIpc) is 3.39. The number of aromatic nitrogens is 3. The summed E-state index contributed by atoms with van der Waals surface area (Å²) in [5.41, 5.74) is 3.14. The number of anilines is 2. The van der Waals surface area contributed by atoms with Crippen molar-refractivity contribution < 1.29 is 14.6 Å². The fraction of sp³-hybridized carbons (Fsp3) is 0.483. The van der Waals surface area contributed by atoms with Crippen LogP contribution in [0.1, 0.15) is 30.5 Å². The van der Waals surface area contributed by atoms with Gasteiger partial charge in [-0.05, 0) is 45.0 Å². The highest BCUT2D eigenvalue weighted by atomic mass is 16.5. The molecule has 2 fully saturated rings. The van der Waals surface area contributed by atoms with Crippen molar-refractivity contribution in [3.8, 4) is 12.1 Å². The maximum atomic E-state index is 11.8. The topological polar surface area (TPSA) is 122 Å². The number of pyridine rings is 1. The molecule has 1 N–H and O–H groups in total. The molecule has 2 atom stereocenters. The van der Waals surface area contributed by atoms with Gasteiger partial charge in [-0.15, -0.1) is 0 Å². The highest BCUT2D eigenvalue weighted by Gasteiger charge is 2.34. The summed E-state index contributed by atoms with van der Waals surface area (Å²) in [6.07, 6.45) is 5.85. The Kier molecular flexibility index (Phi) is 7.26. The number of hydrogen-bond donors (Lipinski definition) is 1. The van der Waals surface area contributed by atoms with Crippen LogP contribution in [-0.4, -0.2) is 94.4 Å². The maximum Gasteiger partial charge on any atom is 0.407 e. The zero-order valence-electron chi connectivity index (χ0n) is 22.7. The van der Waals surface area contributed by atoms with Crippen molar-refractivity contribution in [1.82, 2.24) is 24.8 Å². The van der Waals surface area contributed by atoms with Gasteiger partial charge in [0.25, 0.3) is 0 Å². The van der Waals surface area contributed by atoms with E-state index in [1.165, 1.54) is 4.90 Å². The predicted octanol–water partition coefficient (Wildman–Crippen LogP) is 3.14. The Labute approximate surface area is 233 Å². The first-order chi connectivity index (χ1) is 19.5. The van der Waals surface area contributed by atoms with Crippen molar-refractivity contribution in [2.75, 3.05) is 56.2 Å². The molecule has 11 nitrogen and oxygen atoms in total. The largest absolute Gasteiger partial charge is 0.465 e. The number of likely N-dealkylation sites (N-methyl/N-ethyl adjacent to an activating group) is 1. The summed E-state index contributed by atoms with van der Waals surface area (Å²) in [5, 5.41) is 21.3. The van der Waals surface area contributed by atoms with Crippen LogP contribution in [0, 0.1) is 11.3 Å². The van der Waals surface area contributed by atoms with Crippen molar-refractivity contribution in [2.24, 2.45) is 0 Å². The monoisotopic (exact) mass is 542 g/mol. The van der Waals surface area contributed by atoms with Crippen LogP contribution in [-0.2, 0) is 13.0 Å². The molecule has 3 aromatic rings. The number of nitriles is 1. The zero-order chi connectivity index (χ0) is 27.6. The molecule has 2 aromatic heterocycles. The summed E-state index contributed by atoms with van der Waals surface area (Å²) in [6, 6.07) is 10.8. The first kappa shape index (κ1) is 26.1. The summed E-state index contributed by atoms with van der Waals surface area (Å²) < 4.78 is 6.23. The lowest BCUT2D eigenvalue weighted by molar-refractivity contribution is 0.119. The minimum absolute atomic E-state index is 0.136. The van der Waals surface area contributed by atoms with E-state index in [4.69, 9.17) is 14.7 Å². The van der Waals surface area contributed by atoms with Crippen LogP contribution in [0.5, 0.6) is 6.01 Å². The maximum absolute atomic E-state index is 11.8.